The molecular formula is C44H80NO8P. The van der Waals surface area contributed by atoms with Crippen LogP contribution < -0.4 is 4.89 Å². The monoisotopic (exact) mass is 782 g/mol. The van der Waals surface area contributed by atoms with E-state index in [2.05, 4.69) is 13.8 Å². The molecule has 9 nitrogen and oxygen atoms in total. The number of likely N-dealkylation sites (N-methyl/N-ethyl adjacent to an activating group) is 1. The van der Waals surface area contributed by atoms with Crippen LogP contribution in [0.15, 0.2) is 48.6 Å². The quantitative estimate of drug-likeness (QED) is 0.0152. The third kappa shape index (κ3) is 39.7. The molecule has 0 amide bonds. The first-order valence-electron chi connectivity index (χ1n) is 21.4. The molecule has 1 unspecified atom stereocenters. The summed E-state index contributed by atoms with van der Waals surface area (Å²) in [6, 6.07) is 0. The van der Waals surface area contributed by atoms with Gasteiger partial charge in [-0.15, -0.1) is 0 Å². The molecule has 0 saturated carbocycles. The summed E-state index contributed by atoms with van der Waals surface area (Å²) in [6.45, 7) is 3.96. The van der Waals surface area contributed by atoms with Crippen LogP contribution >= 0.6 is 7.82 Å². The SMILES string of the molecule is CCCCCCCCCCCCC/C=C/C=C/C(=O)OC[C@H](COP(=O)([O-])OCC[N+](C)(C)C)OC(=O)/C=C/C=C/CCCCCCCCCCCCC. The largest absolute Gasteiger partial charge is 0.756 e. The van der Waals surface area contributed by atoms with Crippen molar-refractivity contribution in [3.8, 4) is 0 Å². The van der Waals surface area contributed by atoms with Crippen LogP contribution in [0.5, 0.6) is 0 Å². The van der Waals surface area contributed by atoms with Gasteiger partial charge in [-0.05, 0) is 25.7 Å². The Bertz CT molecular complexity index is 1070. The van der Waals surface area contributed by atoms with Gasteiger partial charge < -0.3 is 27.9 Å². The molecule has 10 heteroatoms. The van der Waals surface area contributed by atoms with Crippen LogP contribution in [0.3, 0.4) is 0 Å². The lowest BCUT2D eigenvalue weighted by atomic mass is 10.1. The van der Waals surface area contributed by atoms with Crippen LogP contribution in [0.4, 0.5) is 0 Å². The number of phosphoric acid groups is 1. The van der Waals surface area contributed by atoms with E-state index >= 15 is 0 Å². The summed E-state index contributed by atoms with van der Waals surface area (Å²) < 4.78 is 33.4. The Kier molecular flexibility index (Phi) is 35.2. The summed E-state index contributed by atoms with van der Waals surface area (Å²) in [7, 11) is 1.07. The van der Waals surface area contributed by atoms with Crippen LogP contribution in [0.25, 0.3) is 0 Å². The number of ether oxygens (including phenoxy) is 2. The van der Waals surface area contributed by atoms with Gasteiger partial charge in [0.05, 0.1) is 27.7 Å². The molecule has 0 fully saturated rings. The predicted molar refractivity (Wildman–Crippen MR) is 222 cm³/mol. The molecule has 0 aromatic carbocycles. The highest BCUT2D eigenvalue weighted by Crippen LogP contribution is 2.38. The predicted octanol–water partition coefficient (Wildman–Crippen LogP) is 11.3. The van der Waals surface area contributed by atoms with E-state index in [1.807, 2.05) is 39.4 Å². The second-order valence-corrected chi connectivity index (χ2v) is 16.9. The molecule has 0 aliphatic heterocycles. The maximum atomic E-state index is 12.5. The molecule has 2 atom stereocenters. The molecule has 54 heavy (non-hydrogen) atoms. The maximum absolute atomic E-state index is 12.5. The van der Waals surface area contributed by atoms with Crippen molar-refractivity contribution < 1.29 is 42.1 Å². The van der Waals surface area contributed by atoms with E-state index in [0.717, 1.165) is 25.7 Å². The van der Waals surface area contributed by atoms with Gasteiger partial charge in [0, 0.05) is 12.2 Å². The van der Waals surface area contributed by atoms with Crippen LogP contribution in [0.1, 0.15) is 168 Å². The average Bonchev–Trinajstić information content (AvgIpc) is 3.12. The third-order valence-corrected chi connectivity index (χ3v) is 10.00. The Morgan fingerprint density at radius 1 is 0.574 bits per heavy atom. The van der Waals surface area contributed by atoms with Crippen molar-refractivity contribution in [2.75, 3.05) is 47.5 Å². The van der Waals surface area contributed by atoms with Gasteiger partial charge in [0.1, 0.15) is 19.8 Å². The second kappa shape index (κ2) is 36.6. The Labute approximate surface area is 331 Å². The van der Waals surface area contributed by atoms with E-state index < -0.39 is 32.5 Å². The van der Waals surface area contributed by atoms with E-state index in [4.69, 9.17) is 18.5 Å². The Balaban J connectivity index is 4.59. The molecule has 0 aliphatic carbocycles. The maximum Gasteiger partial charge on any atom is 0.331 e. The lowest BCUT2D eigenvalue weighted by molar-refractivity contribution is -0.870. The summed E-state index contributed by atoms with van der Waals surface area (Å²) in [5, 5.41) is 0. The number of hydrogen-bond donors (Lipinski definition) is 0. The van der Waals surface area contributed by atoms with Crippen molar-refractivity contribution >= 4 is 19.8 Å². The van der Waals surface area contributed by atoms with Crippen molar-refractivity contribution in [1.29, 1.82) is 0 Å². The highest BCUT2D eigenvalue weighted by molar-refractivity contribution is 7.45. The lowest BCUT2D eigenvalue weighted by Gasteiger charge is -2.28. The van der Waals surface area contributed by atoms with E-state index in [9.17, 15) is 19.0 Å². The van der Waals surface area contributed by atoms with Crippen LogP contribution in [-0.4, -0.2) is 70.0 Å². The molecule has 314 valence electrons. The Hall–Kier alpha value is -2.03. The van der Waals surface area contributed by atoms with Gasteiger partial charge in [-0.25, -0.2) is 9.59 Å². The molecule has 0 N–H and O–H groups in total. The van der Waals surface area contributed by atoms with Gasteiger partial charge in [0.15, 0.2) is 6.10 Å². The van der Waals surface area contributed by atoms with Crippen molar-refractivity contribution in [1.82, 2.24) is 0 Å². The zero-order valence-corrected chi connectivity index (χ0v) is 36.0. The minimum Gasteiger partial charge on any atom is -0.756 e. The first kappa shape index (κ1) is 52.0. The fourth-order valence-electron chi connectivity index (χ4n) is 5.65. The van der Waals surface area contributed by atoms with Crippen LogP contribution in [-0.2, 0) is 32.7 Å². The van der Waals surface area contributed by atoms with Gasteiger partial charge in [0.2, 0.25) is 0 Å². The topological polar surface area (TPSA) is 111 Å². The number of hydrogen-bond acceptors (Lipinski definition) is 8. The highest BCUT2D eigenvalue weighted by Gasteiger charge is 2.20. The molecule has 0 radical (unpaired) electrons. The van der Waals surface area contributed by atoms with Gasteiger partial charge in [-0.3, -0.25) is 4.57 Å². The standard InChI is InChI=1S/C44H80NO8P/c1-6-8-10-12-14-16-18-20-22-24-26-28-30-32-34-36-43(46)50-40-42(41-52-54(48,49)51-39-38-45(3,4)5)53-44(47)37-35-33-31-29-27-25-23-21-19-17-15-13-11-9-7-2/h30-37,42H,6-29,38-41H2,1-5H3/b32-30+,33-31+,36-34+,37-35+/t42-/m1/s1. The lowest BCUT2D eigenvalue weighted by Crippen LogP contribution is -2.37. The molecule has 0 heterocycles. The van der Waals surface area contributed by atoms with Gasteiger partial charge in [0.25, 0.3) is 7.82 Å². The summed E-state index contributed by atoms with van der Waals surface area (Å²) in [5.74, 6) is -1.34. The zero-order chi connectivity index (χ0) is 40.0. The van der Waals surface area contributed by atoms with Crippen LogP contribution in [0.2, 0.25) is 0 Å². The van der Waals surface area contributed by atoms with Crippen LogP contribution in [0, 0.1) is 0 Å². The molecule has 0 aliphatic rings. The fraction of sp³-hybridized carbons (Fsp3) is 0.773. The molecule has 0 saturated heterocycles. The van der Waals surface area contributed by atoms with Crippen molar-refractivity contribution in [2.24, 2.45) is 0 Å². The first-order valence-corrected chi connectivity index (χ1v) is 22.9. The van der Waals surface area contributed by atoms with Crippen molar-refractivity contribution in [3.63, 3.8) is 0 Å². The number of quaternary nitrogens is 1. The molecule has 0 bridgehead atoms. The molecular weight excluding hydrogens is 701 g/mol. The summed E-state index contributed by atoms with van der Waals surface area (Å²) in [6.07, 6.45) is 42.7. The van der Waals surface area contributed by atoms with Gasteiger partial charge in [-0.2, -0.15) is 0 Å². The molecule has 0 spiro atoms. The Morgan fingerprint density at radius 3 is 1.41 bits per heavy atom. The highest BCUT2D eigenvalue weighted by atomic mass is 31.2. The van der Waals surface area contributed by atoms with Crippen molar-refractivity contribution in [2.45, 2.75) is 174 Å². The number of esters is 2. The van der Waals surface area contributed by atoms with Gasteiger partial charge in [-0.1, -0.05) is 179 Å². The van der Waals surface area contributed by atoms with E-state index in [1.54, 1.807) is 18.2 Å². The van der Waals surface area contributed by atoms with Crippen molar-refractivity contribution in [3.05, 3.63) is 48.6 Å². The minimum absolute atomic E-state index is 0.0600. The average molecular weight is 782 g/mol. The minimum atomic E-state index is -4.67. The molecule has 0 rings (SSSR count). The first-order chi connectivity index (χ1) is 26.0. The molecule has 0 aromatic rings. The van der Waals surface area contributed by atoms with E-state index in [1.165, 1.54) is 141 Å². The molecule has 0 aromatic heterocycles. The number of carbonyl (C=O) groups excluding carboxylic acids is 2. The summed E-state index contributed by atoms with van der Waals surface area (Å²) in [5.41, 5.74) is 0. The summed E-state index contributed by atoms with van der Waals surface area (Å²) >= 11 is 0. The number of rotatable bonds is 38. The second-order valence-electron chi connectivity index (χ2n) is 15.5. The van der Waals surface area contributed by atoms with E-state index in [-0.39, 0.29) is 13.2 Å². The van der Waals surface area contributed by atoms with Gasteiger partial charge >= 0.3 is 11.9 Å². The number of carbonyl (C=O) groups is 2. The zero-order valence-electron chi connectivity index (χ0n) is 35.2. The summed E-state index contributed by atoms with van der Waals surface area (Å²) in [4.78, 5) is 37.2. The third-order valence-electron chi connectivity index (χ3n) is 9.03. The number of phosphoric ester groups is 1. The fourth-order valence-corrected chi connectivity index (χ4v) is 6.38. The Morgan fingerprint density at radius 2 is 0.981 bits per heavy atom. The number of unbranched alkanes of at least 4 members (excludes halogenated alkanes) is 22. The smallest absolute Gasteiger partial charge is 0.331 e. The normalized spacial score (nSPS) is 14.1. The number of allylic oxidation sites excluding steroid dienone is 6. The number of nitrogens with zero attached hydrogens (tertiary/aromatic N) is 1. The van der Waals surface area contributed by atoms with E-state index in [0.29, 0.717) is 11.0 Å².